The zero-order chi connectivity index (χ0) is 23.7. The summed E-state index contributed by atoms with van der Waals surface area (Å²) in [5.74, 6) is 0.585. The summed E-state index contributed by atoms with van der Waals surface area (Å²) < 4.78 is 15.2. The predicted octanol–water partition coefficient (Wildman–Crippen LogP) is 6.63. The lowest BCUT2D eigenvalue weighted by atomic mass is 9.95. The van der Waals surface area contributed by atoms with Gasteiger partial charge in [0.05, 0.1) is 0 Å². The van der Waals surface area contributed by atoms with E-state index in [0.29, 0.717) is 18.4 Å². The van der Waals surface area contributed by atoms with Crippen LogP contribution in [-0.4, -0.2) is 20.4 Å². The molecule has 0 amide bonds. The van der Waals surface area contributed by atoms with Gasteiger partial charge < -0.3 is 0 Å². The van der Waals surface area contributed by atoms with Crippen molar-refractivity contribution in [3.05, 3.63) is 113 Å². The number of Topliss-reactive ketones (excluding diaryl/α,β-unsaturated/α-hetero) is 1. The summed E-state index contributed by atoms with van der Waals surface area (Å²) in [7, 11) is 0. The Kier molecular flexibility index (Phi) is 5.76. The fourth-order valence-electron chi connectivity index (χ4n) is 4.28. The van der Waals surface area contributed by atoms with E-state index in [-0.39, 0.29) is 11.6 Å². The topological polar surface area (TPSA) is 47.3 Å². The van der Waals surface area contributed by atoms with Crippen LogP contribution in [0.25, 0.3) is 28.2 Å². The molecule has 0 fully saturated rings. The van der Waals surface area contributed by atoms with Gasteiger partial charge in [-0.1, -0.05) is 48.5 Å². The smallest absolute Gasteiger partial charge is 0.168 e. The summed E-state index contributed by atoms with van der Waals surface area (Å²) >= 11 is 0. The van der Waals surface area contributed by atoms with E-state index in [9.17, 15) is 9.18 Å². The number of rotatable bonds is 6. The molecule has 34 heavy (non-hydrogen) atoms. The van der Waals surface area contributed by atoms with Crippen LogP contribution >= 0.6 is 0 Å². The number of hydrogen-bond donors (Lipinski definition) is 0. The van der Waals surface area contributed by atoms with Crippen LogP contribution in [-0.2, 0) is 6.42 Å². The van der Waals surface area contributed by atoms with E-state index in [1.54, 1.807) is 12.1 Å². The van der Waals surface area contributed by atoms with Crippen molar-refractivity contribution in [2.24, 2.45) is 0 Å². The van der Waals surface area contributed by atoms with Gasteiger partial charge >= 0.3 is 0 Å². The molecule has 3 aromatic carbocycles. The number of benzene rings is 3. The molecule has 0 aliphatic carbocycles. The second-order valence-electron chi connectivity index (χ2n) is 8.53. The predicted molar refractivity (Wildman–Crippen MR) is 132 cm³/mol. The number of aryl methyl sites for hydroxylation is 3. The van der Waals surface area contributed by atoms with E-state index in [2.05, 4.69) is 23.2 Å². The van der Waals surface area contributed by atoms with Crippen LogP contribution < -0.4 is 0 Å². The molecule has 0 spiro atoms. The second-order valence-corrected chi connectivity index (χ2v) is 8.53. The molecule has 0 atom stereocenters. The Hall–Kier alpha value is -4.12. The normalized spacial score (nSPS) is 11.1. The molecule has 168 valence electrons. The first-order valence-corrected chi connectivity index (χ1v) is 11.3. The molecular formula is C29H24FN3O. The summed E-state index contributed by atoms with van der Waals surface area (Å²) in [6, 6.07) is 24.3. The van der Waals surface area contributed by atoms with Gasteiger partial charge in [0.1, 0.15) is 5.82 Å². The van der Waals surface area contributed by atoms with Crippen LogP contribution in [0.5, 0.6) is 0 Å². The van der Waals surface area contributed by atoms with Gasteiger partial charge in [-0.2, -0.15) is 0 Å². The molecule has 2 aromatic heterocycles. The minimum absolute atomic E-state index is 0.0673. The van der Waals surface area contributed by atoms with Crippen molar-refractivity contribution in [3.8, 4) is 22.5 Å². The van der Waals surface area contributed by atoms with Crippen molar-refractivity contribution < 1.29 is 9.18 Å². The van der Waals surface area contributed by atoms with Gasteiger partial charge in [-0.15, -0.1) is 10.2 Å². The quantitative estimate of drug-likeness (QED) is 0.273. The molecule has 0 saturated carbocycles. The molecule has 5 heteroatoms. The molecule has 0 saturated heterocycles. The van der Waals surface area contributed by atoms with E-state index < -0.39 is 0 Å². The number of aromatic nitrogens is 3. The van der Waals surface area contributed by atoms with E-state index >= 15 is 0 Å². The lowest BCUT2D eigenvalue weighted by molar-refractivity contribution is 0.0982. The number of carbonyl (C=O) groups excluding carboxylic acids is 1. The zero-order valence-electron chi connectivity index (χ0n) is 19.1. The Labute approximate surface area is 197 Å². The minimum atomic E-state index is -0.271. The molecular weight excluding hydrogens is 425 g/mol. The standard InChI is InChI=1S/C29H24FN3O/c1-19-6-3-4-7-24(19)28-31-32-29-25(8-5-17-33(28)29)22-13-9-20(2)26(18-22)27(34)16-12-21-10-14-23(30)15-11-21/h3-11,13-15,17-18H,12,16H2,1-2H3. The first-order valence-electron chi connectivity index (χ1n) is 11.3. The molecule has 0 unspecified atom stereocenters. The third-order valence-corrected chi connectivity index (χ3v) is 6.22. The SMILES string of the molecule is Cc1ccc(-c2cccn3c(-c4ccccc4C)nnc23)cc1C(=O)CCc1ccc(F)cc1. The van der Waals surface area contributed by atoms with Gasteiger partial charge in [-0.25, -0.2) is 4.39 Å². The Morgan fingerprint density at radius 3 is 2.41 bits per heavy atom. The number of hydrogen-bond acceptors (Lipinski definition) is 3. The third kappa shape index (κ3) is 4.13. The molecule has 0 N–H and O–H groups in total. The van der Waals surface area contributed by atoms with Crippen LogP contribution in [0.1, 0.15) is 33.5 Å². The number of fused-ring (bicyclic) bond motifs is 1. The highest BCUT2D eigenvalue weighted by Crippen LogP contribution is 2.29. The number of halogens is 1. The summed E-state index contributed by atoms with van der Waals surface area (Å²) in [4.78, 5) is 13.1. The maximum Gasteiger partial charge on any atom is 0.168 e. The van der Waals surface area contributed by atoms with Crippen LogP contribution in [0, 0.1) is 19.7 Å². The number of ketones is 1. The van der Waals surface area contributed by atoms with E-state index in [4.69, 9.17) is 0 Å². The van der Waals surface area contributed by atoms with Crippen LogP contribution in [0.3, 0.4) is 0 Å². The Bertz CT molecular complexity index is 1500. The number of pyridine rings is 1. The van der Waals surface area contributed by atoms with Gasteiger partial charge in [0.15, 0.2) is 17.3 Å². The van der Waals surface area contributed by atoms with Crippen molar-refractivity contribution in [2.75, 3.05) is 0 Å². The van der Waals surface area contributed by atoms with Gasteiger partial charge in [-0.05, 0) is 72.9 Å². The van der Waals surface area contributed by atoms with Crippen molar-refractivity contribution in [1.29, 1.82) is 0 Å². The van der Waals surface area contributed by atoms with Gasteiger partial charge in [0.2, 0.25) is 0 Å². The summed E-state index contributed by atoms with van der Waals surface area (Å²) in [6.45, 7) is 4.01. The van der Waals surface area contributed by atoms with Crippen molar-refractivity contribution >= 4 is 11.4 Å². The summed E-state index contributed by atoms with van der Waals surface area (Å²) in [5, 5.41) is 8.97. The fourth-order valence-corrected chi connectivity index (χ4v) is 4.28. The molecule has 4 nitrogen and oxygen atoms in total. The maximum atomic E-state index is 13.2. The lowest BCUT2D eigenvalue weighted by Crippen LogP contribution is -2.04. The Morgan fingerprint density at radius 1 is 0.853 bits per heavy atom. The second kappa shape index (κ2) is 9.02. The molecule has 2 heterocycles. The van der Waals surface area contributed by atoms with Crippen LogP contribution in [0.4, 0.5) is 4.39 Å². The van der Waals surface area contributed by atoms with E-state index in [1.807, 2.05) is 66.1 Å². The molecule has 0 aliphatic rings. The first-order chi connectivity index (χ1) is 16.5. The van der Waals surface area contributed by atoms with Crippen LogP contribution in [0.2, 0.25) is 0 Å². The monoisotopic (exact) mass is 449 g/mol. The van der Waals surface area contributed by atoms with Gasteiger partial charge in [0, 0.05) is 29.3 Å². The van der Waals surface area contributed by atoms with Crippen molar-refractivity contribution in [1.82, 2.24) is 14.6 Å². The average Bonchev–Trinajstić information content (AvgIpc) is 3.28. The molecule has 0 radical (unpaired) electrons. The Balaban J connectivity index is 1.48. The lowest BCUT2D eigenvalue weighted by Gasteiger charge is -2.10. The maximum absolute atomic E-state index is 13.2. The molecule has 5 aromatic rings. The van der Waals surface area contributed by atoms with Gasteiger partial charge in [-0.3, -0.25) is 9.20 Å². The van der Waals surface area contributed by atoms with Crippen molar-refractivity contribution in [3.63, 3.8) is 0 Å². The zero-order valence-corrected chi connectivity index (χ0v) is 19.1. The summed E-state index contributed by atoms with van der Waals surface area (Å²) in [6.07, 6.45) is 2.90. The number of nitrogens with zero attached hydrogens (tertiary/aromatic N) is 3. The van der Waals surface area contributed by atoms with Gasteiger partial charge in [0.25, 0.3) is 0 Å². The average molecular weight is 450 g/mol. The fraction of sp³-hybridized carbons (Fsp3) is 0.138. The first kappa shape index (κ1) is 21.7. The van der Waals surface area contributed by atoms with E-state index in [0.717, 1.165) is 44.9 Å². The highest BCUT2D eigenvalue weighted by atomic mass is 19.1. The third-order valence-electron chi connectivity index (χ3n) is 6.22. The molecule has 5 rings (SSSR count). The summed E-state index contributed by atoms with van der Waals surface area (Å²) in [5.41, 5.74) is 7.32. The highest BCUT2D eigenvalue weighted by Gasteiger charge is 2.16. The van der Waals surface area contributed by atoms with Crippen LogP contribution in [0.15, 0.2) is 85.1 Å². The minimum Gasteiger partial charge on any atom is -0.294 e. The molecule has 0 bridgehead atoms. The highest BCUT2D eigenvalue weighted by molar-refractivity contribution is 5.99. The Morgan fingerprint density at radius 2 is 1.62 bits per heavy atom. The largest absolute Gasteiger partial charge is 0.294 e. The van der Waals surface area contributed by atoms with E-state index in [1.165, 1.54) is 12.1 Å². The van der Waals surface area contributed by atoms with Crippen molar-refractivity contribution in [2.45, 2.75) is 26.7 Å². The number of carbonyl (C=O) groups is 1. The molecule has 0 aliphatic heterocycles.